The summed E-state index contributed by atoms with van der Waals surface area (Å²) in [6.07, 6.45) is 3.56. The van der Waals surface area contributed by atoms with Gasteiger partial charge in [0, 0.05) is 19.6 Å². The summed E-state index contributed by atoms with van der Waals surface area (Å²) in [4.78, 5) is 13.9. The number of carbonyl (C=O) groups excluding carboxylic acids is 1. The number of β-amino-alcohol motifs (C(OH)–C–C–N with tert-alkyl or cyclic N) is 1. The molecule has 0 spiro atoms. The lowest BCUT2D eigenvalue weighted by atomic mass is 9.96. The average Bonchev–Trinajstić information content (AvgIpc) is 2.29. The molecule has 2 aliphatic heterocycles. The molecule has 4 nitrogen and oxygen atoms in total. The SMILES string of the molecule is O=C([C@@H]1CCCNC1)N1CCC[C@H](O)C1. The fourth-order valence-electron chi connectivity index (χ4n) is 2.48. The molecule has 2 rings (SSSR count). The molecule has 0 bridgehead atoms. The number of rotatable bonds is 1. The normalized spacial score (nSPS) is 32.7. The fourth-order valence-corrected chi connectivity index (χ4v) is 2.48. The van der Waals surface area contributed by atoms with Gasteiger partial charge in [-0.1, -0.05) is 0 Å². The van der Waals surface area contributed by atoms with E-state index in [0.717, 1.165) is 45.3 Å². The van der Waals surface area contributed by atoms with Crippen LogP contribution < -0.4 is 5.32 Å². The van der Waals surface area contributed by atoms with E-state index in [1.807, 2.05) is 4.90 Å². The molecule has 0 unspecified atom stereocenters. The van der Waals surface area contributed by atoms with Crippen molar-refractivity contribution in [2.24, 2.45) is 5.92 Å². The second-order valence-corrected chi connectivity index (χ2v) is 4.62. The average molecular weight is 212 g/mol. The van der Waals surface area contributed by atoms with Gasteiger partial charge >= 0.3 is 0 Å². The summed E-state index contributed by atoms with van der Waals surface area (Å²) in [5.74, 6) is 0.380. The molecule has 0 radical (unpaired) electrons. The van der Waals surface area contributed by atoms with Gasteiger partial charge in [0.2, 0.25) is 5.91 Å². The first-order valence-corrected chi connectivity index (χ1v) is 5.95. The quantitative estimate of drug-likeness (QED) is 0.642. The number of nitrogens with zero attached hydrogens (tertiary/aromatic N) is 1. The van der Waals surface area contributed by atoms with Crippen molar-refractivity contribution in [1.82, 2.24) is 10.2 Å². The largest absolute Gasteiger partial charge is 0.391 e. The van der Waals surface area contributed by atoms with Crippen molar-refractivity contribution < 1.29 is 9.90 Å². The molecule has 2 aliphatic rings. The van der Waals surface area contributed by atoms with E-state index in [2.05, 4.69) is 5.32 Å². The van der Waals surface area contributed by atoms with Crippen LogP contribution >= 0.6 is 0 Å². The van der Waals surface area contributed by atoms with Crippen molar-refractivity contribution in [1.29, 1.82) is 0 Å². The van der Waals surface area contributed by atoms with Crippen LogP contribution in [-0.4, -0.2) is 48.2 Å². The van der Waals surface area contributed by atoms with Crippen molar-refractivity contribution in [2.45, 2.75) is 31.8 Å². The summed E-state index contributed by atoms with van der Waals surface area (Å²) < 4.78 is 0. The Kier molecular flexibility index (Phi) is 3.59. The van der Waals surface area contributed by atoms with E-state index in [1.165, 1.54) is 0 Å². The molecule has 0 saturated carbocycles. The Hall–Kier alpha value is -0.610. The number of hydrogen-bond acceptors (Lipinski definition) is 3. The highest BCUT2D eigenvalue weighted by Crippen LogP contribution is 2.17. The summed E-state index contributed by atoms with van der Waals surface area (Å²) in [5, 5.41) is 12.8. The number of carbonyl (C=O) groups is 1. The van der Waals surface area contributed by atoms with Crippen molar-refractivity contribution in [3.05, 3.63) is 0 Å². The van der Waals surface area contributed by atoms with Crippen LogP contribution in [-0.2, 0) is 4.79 Å². The molecule has 86 valence electrons. The first kappa shape index (κ1) is 10.9. The number of likely N-dealkylation sites (tertiary alicyclic amines) is 1. The predicted molar refractivity (Wildman–Crippen MR) is 57.4 cm³/mol. The number of aliphatic hydroxyl groups excluding tert-OH is 1. The molecule has 2 saturated heterocycles. The van der Waals surface area contributed by atoms with Crippen molar-refractivity contribution in [3.63, 3.8) is 0 Å². The van der Waals surface area contributed by atoms with Crippen LogP contribution in [0.25, 0.3) is 0 Å². The number of nitrogens with one attached hydrogen (secondary N) is 1. The van der Waals surface area contributed by atoms with E-state index in [4.69, 9.17) is 0 Å². The van der Waals surface area contributed by atoms with Gasteiger partial charge in [-0.15, -0.1) is 0 Å². The standard InChI is InChI=1S/C11H20N2O2/c14-10-4-2-6-13(8-10)11(15)9-3-1-5-12-7-9/h9-10,12,14H,1-8H2/t9-,10+/m1/s1. The molecule has 0 aliphatic carbocycles. The van der Waals surface area contributed by atoms with Crippen LogP contribution in [0.5, 0.6) is 0 Å². The highest BCUT2D eigenvalue weighted by molar-refractivity contribution is 5.79. The van der Waals surface area contributed by atoms with Crippen molar-refractivity contribution >= 4 is 5.91 Å². The minimum Gasteiger partial charge on any atom is -0.391 e. The van der Waals surface area contributed by atoms with Gasteiger partial charge in [0.1, 0.15) is 0 Å². The molecule has 0 aromatic rings. The second-order valence-electron chi connectivity index (χ2n) is 4.62. The zero-order chi connectivity index (χ0) is 10.7. The monoisotopic (exact) mass is 212 g/mol. The number of piperidine rings is 2. The minimum atomic E-state index is -0.306. The zero-order valence-electron chi connectivity index (χ0n) is 9.11. The molecule has 2 heterocycles. The van der Waals surface area contributed by atoms with Gasteiger partial charge in [-0.2, -0.15) is 0 Å². The third-order valence-electron chi connectivity index (χ3n) is 3.35. The van der Waals surface area contributed by atoms with Crippen LogP contribution in [0.2, 0.25) is 0 Å². The summed E-state index contributed by atoms with van der Waals surface area (Å²) >= 11 is 0. The van der Waals surface area contributed by atoms with Crippen LogP contribution in [0, 0.1) is 5.92 Å². The van der Waals surface area contributed by atoms with Gasteiger partial charge in [-0.3, -0.25) is 4.79 Å². The Morgan fingerprint density at radius 2 is 2.20 bits per heavy atom. The van der Waals surface area contributed by atoms with Gasteiger partial charge in [0.15, 0.2) is 0 Å². The maximum atomic E-state index is 12.1. The number of hydrogen-bond donors (Lipinski definition) is 2. The second kappa shape index (κ2) is 4.94. The summed E-state index contributed by atoms with van der Waals surface area (Å²) in [6, 6.07) is 0. The highest BCUT2D eigenvalue weighted by atomic mass is 16.3. The fraction of sp³-hybridized carbons (Fsp3) is 0.909. The van der Waals surface area contributed by atoms with Gasteiger partial charge in [-0.25, -0.2) is 0 Å². The topological polar surface area (TPSA) is 52.6 Å². The Labute approximate surface area is 90.6 Å². The van der Waals surface area contributed by atoms with E-state index in [1.54, 1.807) is 0 Å². The maximum absolute atomic E-state index is 12.1. The molecule has 4 heteroatoms. The molecule has 2 fully saturated rings. The van der Waals surface area contributed by atoms with Crippen molar-refractivity contribution in [2.75, 3.05) is 26.2 Å². The lowest BCUT2D eigenvalue weighted by Gasteiger charge is -2.34. The van der Waals surface area contributed by atoms with Crippen LogP contribution in [0.1, 0.15) is 25.7 Å². The lowest BCUT2D eigenvalue weighted by molar-refractivity contribution is -0.139. The van der Waals surface area contributed by atoms with Crippen molar-refractivity contribution in [3.8, 4) is 0 Å². The van der Waals surface area contributed by atoms with Crippen LogP contribution in [0.4, 0.5) is 0 Å². The first-order chi connectivity index (χ1) is 7.27. The summed E-state index contributed by atoms with van der Waals surface area (Å²) in [6.45, 7) is 3.21. The molecular weight excluding hydrogens is 192 g/mol. The Morgan fingerprint density at radius 1 is 1.33 bits per heavy atom. The Morgan fingerprint density at radius 3 is 2.87 bits per heavy atom. The molecule has 0 aromatic carbocycles. The third-order valence-corrected chi connectivity index (χ3v) is 3.35. The van der Waals surface area contributed by atoms with Gasteiger partial charge in [0.25, 0.3) is 0 Å². The molecule has 15 heavy (non-hydrogen) atoms. The molecule has 1 amide bonds. The number of aliphatic hydroxyl groups is 1. The molecular formula is C11H20N2O2. The third kappa shape index (κ3) is 2.69. The van der Waals surface area contributed by atoms with E-state index < -0.39 is 0 Å². The van der Waals surface area contributed by atoms with Crippen LogP contribution in [0.3, 0.4) is 0 Å². The summed E-state index contributed by atoms with van der Waals surface area (Å²) in [7, 11) is 0. The molecule has 2 atom stereocenters. The highest BCUT2D eigenvalue weighted by Gasteiger charge is 2.28. The Balaban J connectivity index is 1.88. The maximum Gasteiger partial charge on any atom is 0.227 e. The number of amides is 1. The Bertz CT molecular complexity index is 227. The first-order valence-electron chi connectivity index (χ1n) is 5.95. The minimum absolute atomic E-state index is 0.143. The van der Waals surface area contributed by atoms with Gasteiger partial charge in [-0.05, 0) is 32.2 Å². The van der Waals surface area contributed by atoms with Gasteiger partial charge < -0.3 is 15.3 Å². The summed E-state index contributed by atoms with van der Waals surface area (Å²) in [5.41, 5.74) is 0. The predicted octanol–water partition coefficient (Wildman–Crippen LogP) is -0.0307. The van der Waals surface area contributed by atoms with E-state index >= 15 is 0 Å². The zero-order valence-corrected chi connectivity index (χ0v) is 9.11. The van der Waals surface area contributed by atoms with E-state index in [9.17, 15) is 9.90 Å². The molecule has 0 aromatic heterocycles. The molecule has 2 N–H and O–H groups in total. The van der Waals surface area contributed by atoms with E-state index in [0.29, 0.717) is 6.54 Å². The van der Waals surface area contributed by atoms with Crippen LogP contribution in [0.15, 0.2) is 0 Å². The smallest absolute Gasteiger partial charge is 0.227 e. The lowest BCUT2D eigenvalue weighted by Crippen LogP contribution is -2.48. The van der Waals surface area contributed by atoms with Gasteiger partial charge in [0.05, 0.1) is 12.0 Å². The van der Waals surface area contributed by atoms with E-state index in [-0.39, 0.29) is 17.9 Å².